The van der Waals surface area contributed by atoms with Gasteiger partial charge in [-0.2, -0.15) is 0 Å². The average Bonchev–Trinajstić information content (AvgIpc) is 3.48. The Morgan fingerprint density at radius 3 is 2.52 bits per heavy atom. The summed E-state index contributed by atoms with van der Waals surface area (Å²) in [6.07, 6.45) is 4.30. The Morgan fingerprint density at radius 2 is 1.79 bits per heavy atom. The smallest absolute Gasteiger partial charge is 0.260 e. The lowest BCUT2D eigenvalue weighted by molar-refractivity contribution is 0.0560. The quantitative estimate of drug-likeness (QED) is 0.501. The predicted molar refractivity (Wildman–Crippen MR) is 159 cm³/mol. The molecule has 222 valence electrons. The van der Waals surface area contributed by atoms with Crippen LogP contribution < -0.4 is 19.1 Å². The van der Waals surface area contributed by atoms with Crippen LogP contribution in [0.15, 0.2) is 41.0 Å². The van der Waals surface area contributed by atoms with Crippen LogP contribution in [0.5, 0.6) is 17.2 Å². The molecule has 4 aliphatic heterocycles. The van der Waals surface area contributed by atoms with Gasteiger partial charge in [-0.3, -0.25) is 14.6 Å². The number of aryl methyl sites for hydroxylation is 1. The van der Waals surface area contributed by atoms with Crippen molar-refractivity contribution in [2.45, 2.75) is 71.8 Å². The summed E-state index contributed by atoms with van der Waals surface area (Å²) in [6.45, 7) is 10.6. The minimum atomic E-state index is -0.897. The fourth-order valence-corrected chi connectivity index (χ4v) is 6.58. The highest BCUT2D eigenvalue weighted by atomic mass is 16.7. The largest absolute Gasteiger partial charge is 0.493 e. The maximum Gasteiger partial charge on any atom is 0.260 e. The fraction of sp³-hybridized carbons (Fsp3) is 0.469. The van der Waals surface area contributed by atoms with Crippen LogP contribution in [0.3, 0.4) is 0 Å². The molecule has 10 heteroatoms. The van der Waals surface area contributed by atoms with Crippen LogP contribution in [0.2, 0.25) is 0 Å². The topological polar surface area (TPSA) is 104 Å². The van der Waals surface area contributed by atoms with E-state index < -0.39 is 6.23 Å². The highest BCUT2D eigenvalue weighted by Gasteiger charge is 2.43. The van der Waals surface area contributed by atoms with Gasteiger partial charge in [-0.1, -0.05) is 12.5 Å². The third-order valence-electron chi connectivity index (χ3n) is 8.61. The number of anilines is 1. The maximum absolute atomic E-state index is 13.6. The number of fused-ring (bicyclic) bond motifs is 4. The van der Waals surface area contributed by atoms with E-state index in [1.165, 1.54) is 7.11 Å². The van der Waals surface area contributed by atoms with Gasteiger partial charge in [0.1, 0.15) is 12.0 Å². The number of carbonyl (C=O) groups excluding carboxylic acids is 2. The number of carbonyl (C=O) groups is 2. The molecule has 2 aromatic carbocycles. The molecule has 4 aliphatic rings. The Kier molecular flexibility index (Phi) is 7.12. The Bertz CT molecular complexity index is 1500. The number of rotatable bonds is 6. The first-order valence-corrected chi connectivity index (χ1v) is 14.5. The van der Waals surface area contributed by atoms with Crippen LogP contribution in [0.1, 0.15) is 66.8 Å². The van der Waals surface area contributed by atoms with Crippen LogP contribution in [0.25, 0.3) is 0 Å². The molecular formula is C32H38N4O6. The number of aliphatic imine (C=N–C) groups is 1. The normalized spacial score (nSPS) is 24.6. The van der Waals surface area contributed by atoms with Gasteiger partial charge in [-0.25, -0.2) is 0 Å². The van der Waals surface area contributed by atoms with E-state index >= 15 is 0 Å². The van der Waals surface area contributed by atoms with Gasteiger partial charge in [-0.05, 0) is 64.2 Å². The van der Waals surface area contributed by atoms with Gasteiger partial charge in [0.25, 0.3) is 11.8 Å². The maximum atomic E-state index is 13.6. The molecule has 0 saturated carbocycles. The van der Waals surface area contributed by atoms with Crippen LogP contribution >= 0.6 is 0 Å². The minimum absolute atomic E-state index is 0.00461. The number of hydrogen-bond donors (Lipinski definition) is 1. The SMILES string of the molecule is COc1cc2c(cc1OCOc1cc3c(cc1C)C(=O)N1CC(C)C[C@H]1C=N3)N(C(C)C)C(O)[C@@H]1CC(C)=CN1C2=O. The van der Waals surface area contributed by atoms with E-state index in [4.69, 9.17) is 14.2 Å². The van der Waals surface area contributed by atoms with E-state index in [1.54, 1.807) is 23.1 Å². The molecule has 10 nitrogen and oxygen atoms in total. The van der Waals surface area contributed by atoms with Gasteiger partial charge in [0.05, 0.1) is 41.7 Å². The van der Waals surface area contributed by atoms with E-state index in [0.717, 1.165) is 24.1 Å². The third-order valence-corrected chi connectivity index (χ3v) is 8.61. The first-order chi connectivity index (χ1) is 20.1. The van der Waals surface area contributed by atoms with Crippen molar-refractivity contribution in [2.75, 3.05) is 25.3 Å². The fourth-order valence-electron chi connectivity index (χ4n) is 6.58. The van der Waals surface area contributed by atoms with Gasteiger partial charge in [-0.15, -0.1) is 0 Å². The molecule has 42 heavy (non-hydrogen) atoms. The zero-order valence-corrected chi connectivity index (χ0v) is 25.0. The molecule has 0 aromatic heterocycles. The minimum Gasteiger partial charge on any atom is -0.493 e. The number of amides is 2. The van der Waals surface area contributed by atoms with Gasteiger partial charge >= 0.3 is 0 Å². The first kappa shape index (κ1) is 28.1. The third kappa shape index (κ3) is 4.67. The van der Waals surface area contributed by atoms with Crippen LogP contribution in [-0.2, 0) is 0 Å². The summed E-state index contributed by atoms with van der Waals surface area (Å²) < 4.78 is 17.7. The lowest BCUT2D eigenvalue weighted by atomic mass is 10.1. The predicted octanol–water partition coefficient (Wildman–Crippen LogP) is 4.65. The van der Waals surface area contributed by atoms with E-state index in [2.05, 4.69) is 11.9 Å². The molecule has 2 amide bonds. The molecule has 1 fully saturated rings. The second-order valence-corrected chi connectivity index (χ2v) is 12.1. The van der Waals surface area contributed by atoms with E-state index in [9.17, 15) is 14.7 Å². The average molecular weight is 575 g/mol. The number of aliphatic hydroxyl groups is 1. The Hall–Kier alpha value is -4.05. The molecule has 1 saturated heterocycles. The Balaban J connectivity index is 1.26. The van der Waals surface area contributed by atoms with Crippen molar-refractivity contribution >= 4 is 29.4 Å². The molecule has 0 bridgehead atoms. The first-order valence-electron chi connectivity index (χ1n) is 14.5. The zero-order valence-electron chi connectivity index (χ0n) is 25.0. The summed E-state index contributed by atoms with van der Waals surface area (Å²) in [4.78, 5) is 36.9. The second-order valence-electron chi connectivity index (χ2n) is 12.1. The summed E-state index contributed by atoms with van der Waals surface area (Å²) in [5, 5.41) is 11.4. The number of ether oxygens (including phenoxy) is 3. The van der Waals surface area contributed by atoms with Gasteiger partial charge in [0, 0.05) is 37.1 Å². The van der Waals surface area contributed by atoms with Crippen molar-refractivity contribution < 1.29 is 28.9 Å². The lowest BCUT2D eigenvalue weighted by Crippen LogP contribution is -2.50. The highest BCUT2D eigenvalue weighted by Crippen LogP contribution is 2.42. The number of aliphatic hydroxyl groups excluding tert-OH is 1. The van der Waals surface area contributed by atoms with E-state index in [-0.39, 0.29) is 36.7 Å². The molecule has 0 radical (unpaired) electrons. The number of hydrogen-bond acceptors (Lipinski definition) is 8. The Labute approximate surface area is 246 Å². The molecule has 6 rings (SSSR count). The van der Waals surface area contributed by atoms with Crippen molar-refractivity contribution in [1.82, 2.24) is 9.80 Å². The molecule has 4 heterocycles. The van der Waals surface area contributed by atoms with Gasteiger partial charge < -0.3 is 34.0 Å². The molecule has 4 atom stereocenters. The molecular weight excluding hydrogens is 536 g/mol. The number of methoxy groups -OCH3 is 1. The standard InChI is InChI=1S/C32H38N4O6/c1-17(2)36-25-12-29(28(40-6)10-23(25)31(38)35-15-19(4)8-26(35)32(36)39)42-16-41-27-11-24-22(9-20(27)5)30(37)34-14-18(3)7-21(34)13-33-24/h9-13,15,17-18,21,26,32,39H,7-8,14,16H2,1-6H3/t18?,21-,26-,32?/m0/s1. The van der Waals surface area contributed by atoms with Crippen LogP contribution in [0.4, 0.5) is 11.4 Å². The second kappa shape index (κ2) is 10.7. The monoisotopic (exact) mass is 574 g/mol. The molecule has 1 N–H and O–H groups in total. The lowest BCUT2D eigenvalue weighted by Gasteiger charge is -2.36. The van der Waals surface area contributed by atoms with Crippen molar-refractivity contribution in [2.24, 2.45) is 10.9 Å². The summed E-state index contributed by atoms with van der Waals surface area (Å²) >= 11 is 0. The van der Waals surface area contributed by atoms with Gasteiger partial charge in [0.15, 0.2) is 11.5 Å². The van der Waals surface area contributed by atoms with Crippen LogP contribution in [-0.4, -0.2) is 77.7 Å². The van der Waals surface area contributed by atoms with Gasteiger partial charge in [0.2, 0.25) is 6.79 Å². The van der Waals surface area contributed by atoms with Crippen molar-refractivity contribution in [3.63, 3.8) is 0 Å². The highest BCUT2D eigenvalue weighted by molar-refractivity contribution is 6.04. The molecule has 2 unspecified atom stereocenters. The van der Waals surface area contributed by atoms with E-state index in [0.29, 0.717) is 52.1 Å². The molecule has 2 aromatic rings. The Morgan fingerprint density at radius 1 is 1.02 bits per heavy atom. The molecule has 0 spiro atoms. The van der Waals surface area contributed by atoms with Crippen molar-refractivity contribution in [3.05, 3.63) is 52.7 Å². The van der Waals surface area contributed by atoms with Crippen LogP contribution in [0, 0.1) is 12.8 Å². The van der Waals surface area contributed by atoms with E-state index in [1.807, 2.05) is 56.0 Å². The summed E-state index contributed by atoms with van der Waals surface area (Å²) in [5.74, 6) is 1.57. The zero-order chi connectivity index (χ0) is 29.9. The van der Waals surface area contributed by atoms with Crippen molar-refractivity contribution in [1.29, 1.82) is 0 Å². The van der Waals surface area contributed by atoms with Crippen molar-refractivity contribution in [3.8, 4) is 17.2 Å². The summed E-state index contributed by atoms with van der Waals surface area (Å²) in [6, 6.07) is 6.56. The summed E-state index contributed by atoms with van der Waals surface area (Å²) in [7, 11) is 1.52. The summed E-state index contributed by atoms with van der Waals surface area (Å²) in [5.41, 5.74) is 3.99. The number of benzene rings is 2. The number of nitrogens with zero attached hydrogens (tertiary/aromatic N) is 4. The molecule has 0 aliphatic carbocycles.